The molecule has 188 valence electrons. The molecule has 0 aromatic carbocycles. The first-order valence-electron chi connectivity index (χ1n) is 13.7. The Hall–Kier alpha value is -1.32. The number of carbonyl (C=O) groups excluding carboxylic acids is 1. The van der Waals surface area contributed by atoms with E-state index in [1.165, 1.54) is 103 Å². The summed E-state index contributed by atoms with van der Waals surface area (Å²) in [7, 11) is 0. The minimum absolute atomic E-state index is 0.0451. The lowest BCUT2D eigenvalue weighted by molar-refractivity contribution is -0.143. The van der Waals surface area contributed by atoms with Crippen molar-refractivity contribution in [2.75, 3.05) is 6.61 Å². The Morgan fingerprint density at radius 1 is 0.562 bits per heavy atom. The third-order valence-electron chi connectivity index (χ3n) is 5.99. The number of ether oxygens (including phenoxy) is 1. The lowest BCUT2D eigenvalue weighted by Gasteiger charge is -2.03. The Labute approximate surface area is 198 Å². The lowest BCUT2D eigenvalue weighted by Crippen LogP contribution is -2.03. The third kappa shape index (κ3) is 26.7. The molecule has 0 aliphatic rings. The SMILES string of the molecule is CCOC(=O)CCCCCCCCCCCC=CCCCCCCCCCCCC(=O)O. The highest BCUT2D eigenvalue weighted by Gasteiger charge is 2.00. The van der Waals surface area contributed by atoms with Crippen molar-refractivity contribution in [3.05, 3.63) is 12.2 Å². The number of carbonyl (C=O) groups is 2. The molecule has 0 bridgehead atoms. The molecule has 0 rings (SSSR count). The molecule has 0 spiro atoms. The smallest absolute Gasteiger partial charge is 0.305 e. The molecule has 4 heteroatoms. The van der Waals surface area contributed by atoms with E-state index in [0.717, 1.165) is 25.7 Å². The van der Waals surface area contributed by atoms with E-state index in [9.17, 15) is 9.59 Å². The second-order valence-electron chi connectivity index (χ2n) is 9.11. The van der Waals surface area contributed by atoms with Gasteiger partial charge in [-0.1, -0.05) is 102 Å². The summed E-state index contributed by atoms with van der Waals surface area (Å²) in [5.41, 5.74) is 0. The van der Waals surface area contributed by atoms with Crippen LogP contribution in [0.4, 0.5) is 0 Å². The third-order valence-corrected chi connectivity index (χ3v) is 5.99. The van der Waals surface area contributed by atoms with Gasteiger partial charge in [0.2, 0.25) is 0 Å². The summed E-state index contributed by atoms with van der Waals surface area (Å²) < 4.78 is 4.94. The van der Waals surface area contributed by atoms with Crippen molar-refractivity contribution in [2.45, 2.75) is 148 Å². The Kier molecular flexibility index (Phi) is 24.9. The molecule has 0 fully saturated rings. The van der Waals surface area contributed by atoms with E-state index in [0.29, 0.717) is 19.4 Å². The molecule has 1 N–H and O–H groups in total. The van der Waals surface area contributed by atoms with E-state index >= 15 is 0 Å². The van der Waals surface area contributed by atoms with Crippen LogP contribution in [-0.2, 0) is 14.3 Å². The first-order chi connectivity index (χ1) is 15.7. The van der Waals surface area contributed by atoms with Crippen molar-refractivity contribution < 1.29 is 19.4 Å². The second kappa shape index (κ2) is 25.9. The predicted molar refractivity (Wildman–Crippen MR) is 135 cm³/mol. The Morgan fingerprint density at radius 2 is 0.906 bits per heavy atom. The molecular formula is C28H52O4. The van der Waals surface area contributed by atoms with Gasteiger partial charge in [-0.3, -0.25) is 9.59 Å². The highest BCUT2D eigenvalue weighted by molar-refractivity contribution is 5.69. The van der Waals surface area contributed by atoms with E-state index in [4.69, 9.17) is 9.84 Å². The summed E-state index contributed by atoms with van der Waals surface area (Å²) in [6.07, 6.45) is 30.5. The number of aliphatic carboxylic acids is 1. The minimum atomic E-state index is -0.665. The van der Waals surface area contributed by atoms with E-state index < -0.39 is 5.97 Å². The molecule has 0 saturated heterocycles. The molecule has 32 heavy (non-hydrogen) atoms. The zero-order valence-electron chi connectivity index (χ0n) is 21.1. The Bertz CT molecular complexity index is 445. The summed E-state index contributed by atoms with van der Waals surface area (Å²) in [5, 5.41) is 8.59. The van der Waals surface area contributed by atoms with Crippen molar-refractivity contribution in [3.8, 4) is 0 Å². The molecule has 0 heterocycles. The average molecular weight is 453 g/mol. The topological polar surface area (TPSA) is 63.6 Å². The molecule has 0 saturated carbocycles. The number of unbranched alkanes of at least 4 members (excludes halogenated alkanes) is 18. The van der Waals surface area contributed by atoms with Gasteiger partial charge in [-0.15, -0.1) is 0 Å². The number of hydrogen-bond acceptors (Lipinski definition) is 3. The summed E-state index contributed by atoms with van der Waals surface area (Å²) in [6, 6.07) is 0. The predicted octanol–water partition coefficient (Wildman–Crippen LogP) is 8.77. The number of rotatable bonds is 25. The molecule has 0 aromatic heterocycles. The monoisotopic (exact) mass is 452 g/mol. The fraction of sp³-hybridized carbons (Fsp3) is 0.857. The molecule has 0 unspecified atom stereocenters. The Balaban J connectivity index is 3.13. The number of allylic oxidation sites excluding steroid dienone is 2. The van der Waals surface area contributed by atoms with Gasteiger partial charge in [0.15, 0.2) is 0 Å². The first kappa shape index (κ1) is 30.7. The van der Waals surface area contributed by atoms with Crippen LogP contribution in [0.15, 0.2) is 12.2 Å². The maximum Gasteiger partial charge on any atom is 0.305 e. The number of esters is 1. The van der Waals surface area contributed by atoms with Crippen LogP contribution in [-0.4, -0.2) is 23.7 Å². The molecule has 0 aliphatic carbocycles. The lowest BCUT2D eigenvalue weighted by atomic mass is 10.0. The van der Waals surface area contributed by atoms with Gasteiger partial charge in [0.05, 0.1) is 6.61 Å². The minimum Gasteiger partial charge on any atom is -0.481 e. The summed E-state index contributed by atoms with van der Waals surface area (Å²) >= 11 is 0. The van der Waals surface area contributed by atoms with Crippen molar-refractivity contribution in [1.29, 1.82) is 0 Å². The van der Waals surface area contributed by atoms with Crippen LogP contribution < -0.4 is 0 Å². The number of hydrogen-bond donors (Lipinski definition) is 1. The Morgan fingerprint density at radius 3 is 1.28 bits per heavy atom. The van der Waals surface area contributed by atoms with Crippen molar-refractivity contribution in [3.63, 3.8) is 0 Å². The van der Waals surface area contributed by atoms with Gasteiger partial charge in [-0.05, 0) is 45.4 Å². The van der Waals surface area contributed by atoms with Crippen molar-refractivity contribution in [2.24, 2.45) is 0 Å². The maximum absolute atomic E-state index is 11.2. The highest BCUT2D eigenvalue weighted by atomic mass is 16.5. The number of carboxylic acid groups (broad SMARTS) is 1. The zero-order chi connectivity index (χ0) is 23.5. The average Bonchev–Trinajstić information content (AvgIpc) is 2.76. The molecular weight excluding hydrogens is 400 g/mol. The fourth-order valence-corrected chi connectivity index (χ4v) is 4.01. The van der Waals surface area contributed by atoms with Crippen LogP contribution in [0.3, 0.4) is 0 Å². The molecule has 0 aliphatic heterocycles. The van der Waals surface area contributed by atoms with E-state index in [1.807, 2.05) is 6.92 Å². The van der Waals surface area contributed by atoms with Gasteiger partial charge in [-0.2, -0.15) is 0 Å². The van der Waals surface area contributed by atoms with Gasteiger partial charge in [-0.25, -0.2) is 0 Å². The van der Waals surface area contributed by atoms with Gasteiger partial charge < -0.3 is 9.84 Å². The second-order valence-corrected chi connectivity index (χ2v) is 9.11. The van der Waals surface area contributed by atoms with Gasteiger partial charge in [0.25, 0.3) is 0 Å². The number of carboxylic acids is 1. The zero-order valence-corrected chi connectivity index (χ0v) is 21.1. The van der Waals surface area contributed by atoms with Crippen LogP contribution in [0.5, 0.6) is 0 Å². The molecule has 0 radical (unpaired) electrons. The van der Waals surface area contributed by atoms with Gasteiger partial charge >= 0.3 is 11.9 Å². The van der Waals surface area contributed by atoms with Crippen LogP contribution >= 0.6 is 0 Å². The quantitative estimate of drug-likeness (QED) is 0.0854. The largest absolute Gasteiger partial charge is 0.481 e. The summed E-state index contributed by atoms with van der Waals surface area (Å²) in [4.78, 5) is 21.7. The maximum atomic E-state index is 11.2. The van der Waals surface area contributed by atoms with Crippen molar-refractivity contribution in [1.82, 2.24) is 0 Å². The van der Waals surface area contributed by atoms with E-state index in [1.54, 1.807) is 0 Å². The van der Waals surface area contributed by atoms with Crippen LogP contribution in [0.25, 0.3) is 0 Å². The van der Waals surface area contributed by atoms with Gasteiger partial charge in [0.1, 0.15) is 0 Å². The molecule has 0 aromatic rings. The molecule has 0 amide bonds. The molecule has 0 atom stereocenters. The van der Waals surface area contributed by atoms with Crippen LogP contribution in [0.2, 0.25) is 0 Å². The summed E-state index contributed by atoms with van der Waals surface area (Å²) in [6.45, 7) is 2.36. The fourth-order valence-electron chi connectivity index (χ4n) is 4.01. The highest BCUT2D eigenvalue weighted by Crippen LogP contribution is 2.13. The standard InChI is InChI=1S/C28H52O4/c1-2-32-28(31)26-24-22-20-18-16-14-12-10-8-6-4-3-5-7-9-11-13-15-17-19-21-23-25-27(29)30/h3-4H,2,5-26H2,1H3,(H,29,30). The van der Waals surface area contributed by atoms with Crippen LogP contribution in [0, 0.1) is 0 Å². The molecule has 4 nitrogen and oxygen atoms in total. The normalized spacial score (nSPS) is 11.3. The van der Waals surface area contributed by atoms with E-state index in [2.05, 4.69) is 12.2 Å². The first-order valence-corrected chi connectivity index (χ1v) is 13.7. The summed E-state index contributed by atoms with van der Waals surface area (Å²) in [5.74, 6) is -0.710. The van der Waals surface area contributed by atoms with Crippen LogP contribution in [0.1, 0.15) is 148 Å². The van der Waals surface area contributed by atoms with Crippen molar-refractivity contribution >= 4 is 11.9 Å². The van der Waals surface area contributed by atoms with E-state index in [-0.39, 0.29) is 5.97 Å². The van der Waals surface area contributed by atoms with Gasteiger partial charge in [0, 0.05) is 12.8 Å².